The lowest BCUT2D eigenvalue weighted by atomic mass is 9.98. The number of hydrogen-bond donors (Lipinski definition) is 7. The third-order valence-corrected chi connectivity index (χ3v) is 21.5. The fourth-order valence-corrected chi connectivity index (χ4v) is 14.7. The normalized spacial score (nSPS) is 15.2. The van der Waals surface area contributed by atoms with Crippen molar-refractivity contribution in [3.8, 4) is 22.3 Å². The summed E-state index contributed by atoms with van der Waals surface area (Å²) in [5.41, 5.74) is 19.2. The second-order valence-corrected chi connectivity index (χ2v) is 29.2. The van der Waals surface area contributed by atoms with Gasteiger partial charge in [0.25, 0.3) is 23.6 Å². The predicted molar refractivity (Wildman–Crippen MR) is 439 cm³/mol. The molecule has 111 heavy (non-hydrogen) atoms. The van der Waals surface area contributed by atoms with Gasteiger partial charge in [-0.15, -0.1) is 0 Å². The summed E-state index contributed by atoms with van der Waals surface area (Å²) >= 11 is 0. The van der Waals surface area contributed by atoms with E-state index in [1.165, 1.54) is 24.2 Å². The second kappa shape index (κ2) is 38.9. The minimum absolute atomic E-state index is 0.229. The number of anilines is 2. The molecule has 4 aromatic heterocycles. The van der Waals surface area contributed by atoms with Crippen LogP contribution in [0.3, 0.4) is 0 Å². The zero-order valence-electron chi connectivity index (χ0n) is 65.6. The first kappa shape index (κ1) is 80.0. The molecule has 8 heterocycles. The van der Waals surface area contributed by atoms with Crippen LogP contribution in [0.4, 0.5) is 11.4 Å². The van der Waals surface area contributed by atoms with Gasteiger partial charge in [-0.1, -0.05) is 86.6 Å². The number of pyridine rings is 2. The Morgan fingerprint density at radius 3 is 1.32 bits per heavy atom. The number of hydrogen-bond acceptors (Lipinski definition) is 17. The summed E-state index contributed by atoms with van der Waals surface area (Å²) in [6.45, 7) is 27.9. The van der Waals surface area contributed by atoms with Crippen molar-refractivity contribution in [3.63, 3.8) is 0 Å². The maximum atomic E-state index is 13.6. The Balaban J connectivity index is 0.000000190. The smallest absolute Gasteiger partial charge is 0.251 e. The van der Waals surface area contributed by atoms with Crippen LogP contribution in [0, 0.1) is 13.8 Å². The fourth-order valence-electron chi connectivity index (χ4n) is 14.7. The van der Waals surface area contributed by atoms with Gasteiger partial charge in [-0.3, -0.25) is 28.9 Å². The number of amides is 4. The Kier molecular flexibility index (Phi) is 28.0. The monoisotopic (exact) mass is 1500 g/mol. The standard InChI is InChI=1S/C44H54N8O3.C39H42N6O4.C5H12N2/c1-5-40-38(41(48-37-15-21-55-22-16-37)39-28-47-52(6-2)42(39)49-40)27-46-44(54)35-12-8-11-34(25-35)43(53)45-26-36-24-33(14-13-30(36)3)32-10-7-9-31(23-32)29-51-19-17-50(4)18-20-51;1-4-35-33(36(43-32-14-16-49-17-15-32)34-23-42-45(5-2)37(34)44-35)22-41-39(48)30-11-7-10-29(20-30)38(47)40-21-31-19-28(13-12-25(31)3)27-9-6-8-26(18-27)24-46;1-7-4-2-6-3-5-7/h7-14,23-25,28,37H,5-6,15-22,26-27,29H2,1-4H3,(H,45,53)(H,46,54)(H,48,49);6-13,18-20,23-24,32H,4-5,14-17,21-22H2,1-3H3,(H,40,47)(H,41,48)(H,43,44);6H,2-5H2,1H3. The average molecular weight is 1500 g/mol. The number of rotatable bonds is 25. The van der Waals surface area contributed by atoms with Crippen molar-refractivity contribution in [2.45, 2.75) is 138 Å². The molecule has 582 valence electrons. The van der Waals surface area contributed by atoms with Crippen LogP contribution < -0.4 is 37.2 Å². The van der Waals surface area contributed by atoms with E-state index in [2.05, 4.69) is 146 Å². The van der Waals surface area contributed by atoms with Crippen molar-refractivity contribution in [1.29, 1.82) is 0 Å². The van der Waals surface area contributed by atoms with Gasteiger partial charge in [0.2, 0.25) is 0 Å². The molecule has 4 amide bonds. The number of fused-ring (bicyclic) bond motifs is 2. The summed E-state index contributed by atoms with van der Waals surface area (Å²) in [6.07, 6.45) is 9.56. The molecule has 6 aromatic carbocycles. The van der Waals surface area contributed by atoms with E-state index < -0.39 is 0 Å². The van der Waals surface area contributed by atoms with E-state index in [0.717, 1.165) is 186 Å². The maximum Gasteiger partial charge on any atom is 0.251 e. The van der Waals surface area contributed by atoms with Crippen molar-refractivity contribution in [3.05, 3.63) is 224 Å². The SMILES string of the molecule is CCc1nc2c(cnn2CC)c(NC2CCOCC2)c1CNC(=O)c1cccc(C(=O)NCc2cc(-c3cccc(C=O)c3)ccc2C)c1.CCc1nc2c(cnn2CC)c(NC2CCOCC2)c1CNC(=O)c1cccc(C(=O)NCc2cc(-c3cccc(CN4CCN(C)CC4)c3)ccc2C)c1.CN1CCNCC1. The van der Waals surface area contributed by atoms with Gasteiger partial charge in [0.15, 0.2) is 11.3 Å². The number of aryl methyl sites for hydroxylation is 6. The Hall–Kier alpha value is -10.5. The van der Waals surface area contributed by atoms with Crippen LogP contribution in [0.15, 0.2) is 146 Å². The highest BCUT2D eigenvalue weighted by Gasteiger charge is 2.26. The van der Waals surface area contributed by atoms with Crippen molar-refractivity contribution in [2.75, 3.05) is 104 Å². The number of carbonyl (C=O) groups excluding carboxylic acids is 5. The van der Waals surface area contributed by atoms with Gasteiger partial charge in [0.1, 0.15) is 6.29 Å². The van der Waals surface area contributed by atoms with E-state index in [0.29, 0.717) is 86.6 Å². The second-order valence-electron chi connectivity index (χ2n) is 29.2. The van der Waals surface area contributed by atoms with E-state index >= 15 is 0 Å². The lowest BCUT2D eigenvalue weighted by molar-refractivity contribution is 0.0903. The first-order chi connectivity index (χ1) is 54.1. The lowest BCUT2D eigenvalue weighted by Gasteiger charge is -2.32. The van der Waals surface area contributed by atoms with Gasteiger partial charge in [-0.05, 0) is 191 Å². The number of nitrogens with one attached hydrogen (secondary N) is 7. The molecule has 23 heteroatoms. The van der Waals surface area contributed by atoms with Crippen LogP contribution in [0.2, 0.25) is 0 Å². The summed E-state index contributed by atoms with van der Waals surface area (Å²) in [5.74, 6) is -1.04. The Bertz CT molecular complexity index is 4870. The van der Waals surface area contributed by atoms with Crippen molar-refractivity contribution < 1.29 is 33.4 Å². The number of carbonyl (C=O) groups is 5. The molecule has 0 bridgehead atoms. The molecular formula is C88H108N16O7. The molecule has 0 spiro atoms. The predicted octanol–water partition coefficient (Wildman–Crippen LogP) is 12.0. The average Bonchev–Trinajstić information content (AvgIpc) is 1.69. The highest BCUT2D eigenvalue weighted by atomic mass is 16.5. The van der Waals surface area contributed by atoms with Gasteiger partial charge >= 0.3 is 0 Å². The highest BCUT2D eigenvalue weighted by molar-refractivity contribution is 6.01. The van der Waals surface area contributed by atoms with Gasteiger partial charge in [-0.2, -0.15) is 10.2 Å². The molecule has 7 N–H and O–H groups in total. The molecular weight excluding hydrogens is 1390 g/mol. The Morgan fingerprint density at radius 1 is 0.486 bits per heavy atom. The molecule has 14 rings (SSSR count). The molecule has 0 atom stereocenters. The molecule has 23 nitrogen and oxygen atoms in total. The number of likely N-dealkylation sites (N-methyl/N-ethyl adjacent to an activating group) is 2. The summed E-state index contributed by atoms with van der Waals surface area (Å²) < 4.78 is 15.0. The molecule has 0 unspecified atom stereocenters. The van der Waals surface area contributed by atoms with Crippen LogP contribution in [-0.4, -0.2) is 179 Å². The Morgan fingerprint density at radius 2 is 0.901 bits per heavy atom. The first-order valence-electron chi connectivity index (χ1n) is 39.5. The first-order valence-corrected chi connectivity index (χ1v) is 39.5. The highest BCUT2D eigenvalue weighted by Crippen LogP contribution is 2.34. The molecule has 0 saturated carbocycles. The van der Waals surface area contributed by atoms with E-state index in [1.807, 2.05) is 72.0 Å². The number of nitrogens with zero attached hydrogens (tertiary/aromatic N) is 9. The van der Waals surface area contributed by atoms with Crippen LogP contribution >= 0.6 is 0 Å². The van der Waals surface area contributed by atoms with E-state index in [-0.39, 0.29) is 42.3 Å². The minimum Gasteiger partial charge on any atom is -0.381 e. The molecule has 4 aliphatic rings. The largest absolute Gasteiger partial charge is 0.381 e. The summed E-state index contributed by atoms with van der Waals surface area (Å²) in [7, 11) is 4.34. The van der Waals surface area contributed by atoms with Crippen LogP contribution in [0.1, 0.15) is 156 Å². The molecule has 0 aliphatic carbocycles. The van der Waals surface area contributed by atoms with Crippen LogP contribution in [0.25, 0.3) is 44.3 Å². The van der Waals surface area contributed by atoms with E-state index in [4.69, 9.17) is 19.4 Å². The number of aromatic nitrogens is 6. The van der Waals surface area contributed by atoms with Crippen molar-refractivity contribution in [1.82, 2.24) is 70.8 Å². The maximum absolute atomic E-state index is 13.6. The fraction of sp³-hybridized carbons (Fsp3) is 0.398. The zero-order valence-corrected chi connectivity index (χ0v) is 65.6. The molecule has 4 saturated heterocycles. The molecule has 4 fully saturated rings. The number of aldehydes is 1. The van der Waals surface area contributed by atoms with E-state index in [1.54, 1.807) is 54.6 Å². The van der Waals surface area contributed by atoms with Crippen molar-refractivity contribution in [2.24, 2.45) is 0 Å². The quantitative estimate of drug-likeness (QED) is 0.0262. The number of ether oxygens (including phenoxy) is 2. The van der Waals surface area contributed by atoms with Gasteiger partial charge in [0.05, 0.1) is 34.5 Å². The topological polar surface area (TPSA) is 259 Å². The third kappa shape index (κ3) is 20.7. The summed E-state index contributed by atoms with van der Waals surface area (Å²) in [4.78, 5) is 82.3. The van der Waals surface area contributed by atoms with E-state index in [9.17, 15) is 24.0 Å². The number of benzene rings is 6. The lowest BCUT2D eigenvalue weighted by Crippen LogP contribution is -2.43. The van der Waals surface area contributed by atoms with Crippen LogP contribution in [-0.2, 0) is 68.1 Å². The van der Waals surface area contributed by atoms with Gasteiger partial charge in [-0.25, -0.2) is 19.3 Å². The van der Waals surface area contributed by atoms with Crippen molar-refractivity contribution >= 4 is 63.4 Å². The Labute approximate surface area is 652 Å². The van der Waals surface area contributed by atoms with Crippen LogP contribution in [0.5, 0.6) is 0 Å². The van der Waals surface area contributed by atoms with Gasteiger partial charge in [0, 0.05) is 187 Å². The minimum atomic E-state index is -0.279. The molecule has 4 aliphatic heterocycles. The number of piperazine rings is 2. The summed E-state index contributed by atoms with van der Waals surface area (Å²) in [5, 5.41) is 34.2. The zero-order chi connectivity index (χ0) is 77.8. The summed E-state index contributed by atoms with van der Waals surface area (Å²) in [6, 6.07) is 42.8. The molecule has 10 aromatic rings. The molecule has 0 radical (unpaired) electrons. The third-order valence-electron chi connectivity index (χ3n) is 21.5. The van der Waals surface area contributed by atoms with Gasteiger partial charge < -0.3 is 56.5 Å².